The van der Waals surface area contributed by atoms with Gasteiger partial charge in [0.05, 0.1) is 5.56 Å². The van der Waals surface area contributed by atoms with Crippen LogP contribution in [0.4, 0.5) is 10.1 Å². The van der Waals surface area contributed by atoms with Gasteiger partial charge in [-0.15, -0.1) is 0 Å². The molecular weight excluding hydrogens is 157 g/mol. The molecular formula is C9H8FNO. The molecule has 2 nitrogen and oxygen atoms in total. The number of nitrogen functional groups attached to an aromatic ring is 1. The summed E-state index contributed by atoms with van der Waals surface area (Å²) in [5.41, 5.74) is 6.07. The first-order valence-electron chi connectivity index (χ1n) is 3.39. The number of aliphatic hydroxyl groups excluding tert-OH is 1. The van der Waals surface area contributed by atoms with Crippen LogP contribution >= 0.6 is 0 Å². The Morgan fingerprint density at radius 2 is 2.25 bits per heavy atom. The summed E-state index contributed by atoms with van der Waals surface area (Å²) >= 11 is 0. The highest BCUT2D eigenvalue weighted by molar-refractivity contribution is 5.47. The van der Waals surface area contributed by atoms with Crippen LogP contribution in [-0.2, 0) is 0 Å². The molecule has 1 aromatic carbocycles. The molecule has 0 fully saturated rings. The first-order valence-corrected chi connectivity index (χ1v) is 3.39. The molecule has 0 spiro atoms. The molecule has 1 aromatic rings. The van der Waals surface area contributed by atoms with Gasteiger partial charge in [0.1, 0.15) is 12.4 Å². The van der Waals surface area contributed by atoms with Gasteiger partial charge in [-0.2, -0.15) is 0 Å². The van der Waals surface area contributed by atoms with Crippen LogP contribution in [0.5, 0.6) is 0 Å². The molecule has 0 heterocycles. The Kier molecular flexibility index (Phi) is 2.67. The van der Waals surface area contributed by atoms with Crippen molar-refractivity contribution in [1.29, 1.82) is 0 Å². The molecule has 0 radical (unpaired) electrons. The molecule has 0 bridgehead atoms. The molecule has 0 saturated carbocycles. The lowest BCUT2D eigenvalue weighted by Gasteiger charge is -1.95. The van der Waals surface area contributed by atoms with Gasteiger partial charge in [-0.05, 0) is 18.2 Å². The van der Waals surface area contributed by atoms with Crippen LogP contribution in [0.1, 0.15) is 5.56 Å². The third-order valence-corrected chi connectivity index (χ3v) is 1.29. The number of nitrogens with two attached hydrogens (primary N) is 1. The highest BCUT2D eigenvalue weighted by Crippen LogP contribution is 2.10. The van der Waals surface area contributed by atoms with Crippen LogP contribution in [0.2, 0.25) is 0 Å². The Labute approximate surface area is 69.8 Å². The monoisotopic (exact) mass is 165 g/mol. The van der Waals surface area contributed by atoms with Gasteiger partial charge in [0.25, 0.3) is 0 Å². The van der Waals surface area contributed by atoms with Gasteiger partial charge < -0.3 is 10.8 Å². The fraction of sp³-hybridized carbons (Fsp3) is 0.111. The molecule has 0 aromatic heterocycles. The zero-order valence-electron chi connectivity index (χ0n) is 6.34. The molecule has 0 aliphatic heterocycles. The standard InChI is InChI=1S/C9H8FNO/c10-9-4-3-8(11)6-7(9)2-1-5-12/h3-4,6,12H,5,11H2. The first-order chi connectivity index (χ1) is 5.74. The fourth-order valence-corrected chi connectivity index (χ4v) is 0.773. The summed E-state index contributed by atoms with van der Waals surface area (Å²) in [6, 6.07) is 4.13. The number of rotatable bonds is 0. The molecule has 0 saturated heterocycles. The molecule has 0 amide bonds. The predicted octanol–water partition coefficient (Wildman–Crippen LogP) is 0.752. The van der Waals surface area contributed by atoms with Crippen molar-refractivity contribution in [3.05, 3.63) is 29.6 Å². The van der Waals surface area contributed by atoms with Gasteiger partial charge >= 0.3 is 0 Å². The number of anilines is 1. The number of halogens is 1. The van der Waals surface area contributed by atoms with E-state index >= 15 is 0 Å². The molecule has 0 aliphatic rings. The maximum absolute atomic E-state index is 12.9. The molecule has 3 heteroatoms. The van der Waals surface area contributed by atoms with Crippen molar-refractivity contribution in [3.63, 3.8) is 0 Å². The quantitative estimate of drug-likeness (QED) is 0.440. The second-order valence-electron chi connectivity index (χ2n) is 2.20. The molecule has 12 heavy (non-hydrogen) atoms. The minimum Gasteiger partial charge on any atom is -0.399 e. The zero-order valence-corrected chi connectivity index (χ0v) is 6.34. The van der Waals surface area contributed by atoms with E-state index in [1.54, 1.807) is 0 Å². The van der Waals surface area contributed by atoms with Gasteiger partial charge in [0.15, 0.2) is 0 Å². The first kappa shape index (κ1) is 8.57. The Balaban J connectivity index is 3.05. The lowest BCUT2D eigenvalue weighted by molar-refractivity contribution is 0.350. The molecule has 62 valence electrons. The topological polar surface area (TPSA) is 46.2 Å². The summed E-state index contributed by atoms with van der Waals surface area (Å²) in [6.07, 6.45) is 0. The van der Waals surface area contributed by atoms with E-state index in [9.17, 15) is 4.39 Å². The number of benzene rings is 1. The van der Waals surface area contributed by atoms with E-state index in [4.69, 9.17) is 10.8 Å². The van der Waals surface area contributed by atoms with E-state index in [1.165, 1.54) is 18.2 Å². The van der Waals surface area contributed by atoms with Crippen LogP contribution in [0, 0.1) is 17.7 Å². The van der Waals surface area contributed by atoms with Crippen molar-refractivity contribution in [2.24, 2.45) is 0 Å². The van der Waals surface area contributed by atoms with Crippen LogP contribution in [-0.4, -0.2) is 11.7 Å². The predicted molar refractivity (Wildman–Crippen MR) is 44.8 cm³/mol. The van der Waals surface area contributed by atoms with Crippen molar-refractivity contribution < 1.29 is 9.50 Å². The number of hydrogen-bond acceptors (Lipinski definition) is 2. The largest absolute Gasteiger partial charge is 0.399 e. The second kappa shape index (κ2) is 3.74. The van der Waals surface area contributed by atoms with Gasteiger partial charge in [-0.1, -0.05) is 11.8 Å². The second-order valence-corrected chi connectivity index (χ2v) is 2.20. The highest BCUT2D eigenvalue weighted by Gasteiger charge is 1.97. The van der Waals surface area contributed by atoms with E-state index in [-0.39, 0.29) is 12.2 Å². The van der Waals surface area contributed by atoms with Crippen molar-refractivity contribution in [1.82, 2.24) is 0 Å². The van der Waals surface area contributed by atoms with Crippen molar-refractivity contribution in [2.45, 2.75) is 0 Å². The smallest absolute Gasteiger partial charge is 0.138 e. The van der Waals surface area contributed by atoms with E-state index in [1.807, 2.05) is 0 Å². The highest BCUT2D eigenvalue weighted by atomic mass is 19.1. The van der Waals surface area contributed by atoms with Crippen LogP contribution in [0.3, 0.4) is 0 Å². The van der Waals surface area contributed by atoms with Crippen molar-refractivity contribution in [2.75, 3.05) is 12.3 Å². The third kappa shape index (κ3) is 1.97. The number of aliphatic hydroxyl groups is 1. The van der Waals surface area contributed by atoms with Gasteiger partial charge in [-0.3, -0.25) is 0 Å². The summed E-state index contributed by atoms with van der Waals surface area (Å²) in [4.78, 5) is 0. The summed E-state index contributed by atoms with van der Waals surface area (Å²) in [5, 5.41) is 8.36. The molecule has 0 aliphatic carbocycles. The minimum atomic E-state index is -0.426. The lowest BCUT2D eigenvalue weighted by Crippen LogP contribution is -1.89. The minimum absolute atomic E-state index is 0.212. The van der Waals surface area contributed by atoms with Gasteiger partial charge in [-0.25, -0.2) is 4.39 Å². The average Bonchev–Trinajstić information content (AvgIpc) is 2.07. The van der Waals surface area contributed by atoms with Gasteiger partial charge in [0, 0.05) is 5.69 Å². The summed E-state index contributed by atoms with van der Waals surface area (Å²) in [6.45, 7) is -0.283. The Bertz CT molecular complexity index is 338. The summed E-state index contributed by atoms with van der Waals surface area (Å²) in [7, 11) is 0. The summed E-state index contributed by atoms with van der Waals surface area (Å²) < 4.78 is 12.9. The normalized spacial score (nSPS) is 8.83. The average molecular weight is 165 g/mol. The fourth-order valence-electron chi connectivity index (χ4n) is 0.773. The molecule has 0 atom stereocenters. The molecule has 0 unspecified atom stereocenters. The van der Waals surface area contributed by atoms with Gasteiger partial charge in [0.2, 0.25) is 0 Å². The SMILES string of the molecule is Nc1ccc(F)c(C#CCO)c1. The Morgan fingerprint density at radius 1 is 1.50 bits per heavy atom. The van der Waals surface area contributed by atoms with Crippen molar-refractivity contribution in [3.8, 4) is 11.8 Å². The number of hydrogen-bond donors (Lipinski definition) is 2. The van der Waals surface area contributed by atoms with E-state index in [0.717, 1.165) is 0 Å². The molecule has 1 rings (SSSR count). The Hall–Kier alpha value is -1.53. The lowest BCUT2D eigenvalue weighted by atomic mass is 10.2. The van der Waals surface area contributed by atoms with E-state index < -0.39 is 5.82 Å². The third-order valence-electron chi connectivity index (χ3n) is 1.29. The zero-order chi connectivity index (χ0) is 8.97. The summed E-state index contributed by atoms with van der Waals surface area (Å²) in [5.74, 6) is 4.37. The van der Waals surface area contributed by atoms with Crippen molar-refractivity contribution >= 4 is 5.69 Å². The maximum Gasteiger partial charge on any atom is 0.138 e. The maximum atomic E-state index is 12.9. The van der Waals surface area contributed by atoms with Crippen LogP contribution in [0.15, 0.2) is 18.2 Å². The van der Waals surface area contributed by atoms with Crippen LogP contribution < -0.4 is 5.73 Å². The van der Waals surface area contributed by atoms with Crippen LogP contribution in [0.25, 0.3) is 0 Å². The molecule has 3 N–H and O–H groups in total. The Morgan fingerprint density at radius 3 is 2.92 bits per heavy atom. The van der Waals surface area contributed by atoms with E-state index in [0.29, 0.717) is 5.69 Å². The van der Waals surface area contributed by atoms with E-state index in [2.05, 4.69) is 11.8 Å².